The van der Waals surface area contributed by atoms with Crippen LogP contribution in [-0.4, -0.2) is 12.3 Å². The fourth-order valence-corrected chi connectivity index (χ4v) is 1.03. The average molecular weight is 267 g/mol. The van der Waals surface area contributed by atoms with E-state index in [1.165, 1.54) is 7.11 Å². The molecule has 0 saturated carbocycles. The van der Waals surface area contributed by atoms with Crippen molar-refractivity contribution < 1.29 is 4.74 Å². The Balaban J connectivity index is 0. The Bertz CT molecular complexity index is 426. The van der Waals surface area contributed by atoms with Crippen molar-refractivity contribution in [2.24, 2.45) is 0 Å². The molecule has 0 aromatic carbocycles. The second-order valence-electron chi connectivity index (χ2n) is 2.95. The Labute approximate surface area is 114 Å². The smallest absolute Gasteiger partial charge is 0.139 e. The maximum absolute atomic E-state index is 8.80. The molecule has 0 fully saturated rings. The van der Waals surface area contributed by atoms with E-state index in [9.17, 15) is 0 Å². The second kappa shape index (κ2) is 10.4. The standard InChI is InChI=1S/C12H13ClN2O.C2H6/c1-8(5-6-9(2)16-4)10(3)11(7-14)12(13)15;1-2/h5-6,15H,1-2H2,3-4H3;1-2H3/b6-5-,11-10+,15-12?;. The summed E-state index contributed by atoms with van der Waals surface area (Å²) in [4.78, 5) is 0. The maximum atomic E-state index is 8.80. The van der Waals surface area contributed by atoms with Crippen molar-refractivity contribution in [2.45, 2.75) is 20.8 Å². The Morgan fingerprint density at radius 1 is 1.33 bits per heavy atom. The molecule has 0 bridgehead atoms. The van der Waals surface area contributed by atoms with Gasteiger partial charge in [-0.25, -0.2) is 0 Å². The van der Waals surface area contributed by atoms with Gasteiger partial charge >= 0.3 is 0 Å². The van der Waals surface area contributed by atoms with Crippen molar-refractivity contribution in [2.75, 3.05) is 7.11 Å². The summed E-state index contributed by atoms with van der Waals surface area (Å²) in [5.74, 6) is 0.480. The Morgan fingerprint density at radius 2 is 1.83 bits per heavy atom. The highest BCUT2D eigenvalue weighted by Crippen LogP contribution is 2.16. The molecule has 18 heavy (non-hydrogen) atoms. The van der Waals surface area contributed by atoms with Crippen molar-refractivity contribution in [3.05, 3.63) is 47.8 Å². The summed E-state index contributed by atoms with van der Waals surface area (Å²) < 4.78 is 4.84. The predicted molar refractivity (Wildman–Crippen MR) is 77.7 cm³/mol. The number of rotatable bonds is 5. The number of nitrogens with zero attached hydrogens (tertiary/aromatic N) is 1. The van der Waals surface area contributed by atoms with Gasteiger partial charge in [0.05, 0.1) is 12.7 Å². The van der Waals surface area contributed by atoms with Gasteiger partial charge < -0.3 is 4.74 Å². The first-order chi connectivity index (χ1) is 8.43. The zero-order chi connectivity index (χ0) is 14.7. The van der Waals surface area contributed by atoms with E-state index in [2.05, 4.69) is 13.2 Å². The summed E-state index contributed by atoms with van der Waals surface area (Å²) in [5, 5.41) is 15.7. The number of hydrogen-bond donors (Lipinski definition) is 1. The third kappa shape index (κ3) is 6.72. The molecular weight excluding hydrogens is 248 g/mol. The largest absolute Gasteiger partial charge is 0.497 e. The van der Waals surface area contributed by atoms with Crippen LogP contribution in [0.15, 0.2) is 47.8 Å². The Hall–Kier alpha value is -1.79. The molecule has 0 saturated heterocycles. The van der Waals surface area contributed by atoms with Crippen molar-refractivity contribution in [1.82, 2.24) is 0 Å². The van der Waals surface area contributed by atoms with Crippen LogP contribution in [0.2, 0.25) is 0 Å². The van der Waals surface area contributed by atoms with Crippen LogP contribution in [0.1, 0.15) is 20.8 Å². The zero-order valence-corrected chi connectivity index (χ0v) is 12.1. The van der Waals surface area contributed by atoms with Gasteiger partial charge in [0.1, 0.15) is 17.0 Å². The molecule has 0 amide bonds. The summed E-state index contributed by atoms with van der Waals surface area (Å²) in [6, 6.07) is 1.86. The molecule has 0 radical (unpaired) electrons. The van der Waals surface area contributed by atoms with Crippen LogP contribution in [-0.2, 0) is 4.74 Å². The van der Waals surface area contributed by atoms with Gasteiger partial charge in [-0.2, -0.15) is 5.26 Å². The molecule has 0 heterocycles. The van der Waals surface area contributed by atoms with E-state index in [1.807, 2.05) is 19.9 Å². The summed E-state index contributed by atoms with van der Waals surface area (Å²) >= 11 is 5.47. The number of halogens is 1. The molecular formula is C14H19ClN2O. The average Bonchev–Trinajstić information content (AvgIpc) is 2.37. The van der Waals surface area contributed by atoms with Crippen LogP contribution < -0.4 is 0 Å². The summed E-state index contributed by atoms with van der Waals surface area (Å²) in [5.41, 5.74) is 1.25. The van der Waals surface area contributed by atoms with Gasteiger partial charge in [0.15, 0.2) is 0 Å². The minimum Gasteiger partial charge on any atom is -0.497 e. The van der Waals surface area contributed by atoms with Crippen molar-refractivity contribution >= 4 is 16.8 Å². The molecule has 0 rings (SSSR count). The van der Waals surface area contributed by atoms with Crippen molar-refractivity contribution in [3.8, 4) is 6.07 Å². The number of nitriles is 1. The summed E-state index contributed by atoms with van der Waals surface area (Å²) in [7, 11) is 1.51. The molecule has 0 aliphatic rings. The molecule has 0 aromatic heterocycles. The monoisotopic (exact) mass is 266 g/mol. The van der Waals surface area contributed by atoms with Crippen molar-refractivity contribution in [3.63, 3.8) is 0 Å². The molecule has 0 aromatic rings. The lowest BCUT2D eigenvalue weighted by Crippen LogP contribution is -1.95. The highest BCUT2D eigenvalue weighted by Gasteiger charge is 2.07. The van der Waals surface area contributed by atoms with E-state index in [0.29, 0.717) is 16.9 Å². The predicted octanol–water partition coefficient (Wildman–Crippen LogP) is 4.34. The molecule has 1 N–H and O–H groups in total. The van der Waals surface area contributed by atoms with Gasteiger partial charge in [-0.1, -0.05) is 44.7 Å². The molecule has 98 valence electrons. The van der Waals surface area contributed by atoms with E-state index >= 15 is 0 Å². The number of allylic oxidation sites excluding steroid dienone is 5. The van der Waals surface area contributed by atoms with Crippen molar-refractivity contribution in [1.29, 1.82) is 10.7 Å². The zero-order valence-electron chi connectivity index (χ0n) is 11.3. The van der Waals surface area contributed by atoms with Crippen LogP contribution >= 0.6 is 11.6 Å². The topological polar surface area (TPSA) is 56.9 Å². The summed E-state index contributed by atoms with van der Waals surface area (Å²) in [6.07, 6.45) is 3.27. The lowest BCUT2D eigenvalue weighted by molar-refractivity contribution is 0.309. The number of methoxy groups -OCH3 is 1. The SMILES string of the molecule is C=C(/C=C\C(=C)/C(C)=C(\C#N)C(=N)Cl)OC.CC. The number of ether oxygens (including phenoxy) is 1. The maximum Gasteiger partial charge on any atom is 0.139 e. The molecule has 0 aliphatic carbocycles. The van der Waals surface area contributed by atoms with E-state index in [-0.39, 0.29) is 10.7 Å². The lowest BCUT2D eigenvalue weighted by atomic mass is 10.0. The van der Waals surface area contributed by atoms with E-state index in [1.54, 1.807) is 19.1 Å². The first kappa shape index (κ1) is 18.6. The first-order valence-corrected chi connectivity index (χ1v) is 5.77. The summed E-state index contributed by atoms with van der Waals surface area (Å²) in [6.45, 7) is 13.0. The molecule has 3 nitrogen and oxygen atoms in total. The van der Waals surface area contributed by atoms with Crippen LogP contribution in [0.3, 0.4) is 0 Å². The quantitative estimate of drug-likeness (QED) is 0.348. The second-order valence-corrected chi connectivity index (χ2v) is 3.33. The van der Waals surface area contributed by atoms with Crippen LogP contribution in [0.4, 0.5) is 0 Å². The normalized spacial score (nSPS) is 10.7. The van der Waals surface area contributed by atoms with E-state index < -0.39 is 0 Å². The molecule has 0 atom stereocenters. The van der Waals surface area contributed by atoms with E-state index in [0.717, 1.165) is 0 Å². The third-order valence-corrected chi connectivity index (χ3v) is 2.11. The molecule has 0 spiro atoms. The van der Waals surface area contributed by atoms with Gasteiger partial charge in [-0.15, -0.1) is 0 Å². The third-order valence-electron chi connectivity index (χ3n) is 1.92. The number of nitrogens with one attached hydrogen (secondary N) is 1. The fraction of sp³-hybridized carbons (Fsp3) is 0.286. The van der Waals surface area contributed by atoms with Gasteiger partial charge in [0, 0.05) is 0 Å². The molecule has 0 unspecified atom stereocenters. The highest BCUT2D eigenvalue weighted by atomic mass is 35.5. The van der Waals surface area contributed by atoms with Crippen LogP contribution in [0.25, 0.3) is 0 Å². The number of hydrogen-bond acceptors (Lipinski definition) is 3. The van der Waals surface area contributed by atoms with E-state index in [4.69, 9.17) is 27.0 Å². The lowest BCUT2D eigenvalue weighted by Gasteiger charge is -2.03. The molecule has 0 aliphatic heterocycles. The van der Waals surface area contributed by atoms with Crippen LogP contribution in [0, 0.1) is 16.7 Å². The Kier molecular flexibility index (Phi) is 10.7. The first-order valence-electron chi connectivity index (χ1n) is 5.39. The van der Waals surface area contributed by atoms with Gasteiger partial charge in [-0.3, -0.25) is 5.41 Å². The van der Waals surface area contributed by atoms with Crippen LogP contribution in [0.5, 0.6) is 0 Å². The molecule has 4 heteroatoms. The van der Waals surface area contributed by atoms with Gasteiger partial charge in [-0.05, 0) is 24.1 Å². The minimum absolute atomic E-state index is 0.111. The Morgan fingerprint density at radius 3 is 2.17 bits per heavy atom. The fourth-order valence-electron chi connectivity index (χ4n) is 0.845. The minimum atomic E-state index is -0.292. The van der Waals surface area contributed by atoms with Gasteiger partial charge in [0.25, 0.3) is 0 Å². The van der Waals surface area contributed by atoms with Gasteiger partial charge in [0.2, 0.25) is 0 Å². The highest BCUT2D eigenvalue weighted by molar-refractivity contribution is 6.69.